The van der Waals surface area contributed by atoms with Gasteiger partial charge in [-0.05, 0) is 12.8 Å². The first-order valence-corrected chi connectivity index (χ1v) is 10.2. The van der Waals surface area contributed by atoms with Crippen molar-refractivity contribution in [1.82, 2.24) is 25.2 Å². The molecular formula is C19H25N5O2S. The predicted molar refractivity (Wildman–Crippen MR) is 104 cm³/mol. The molecule has 3 heterocycles. The molecule has 1 saturated heterocycles. The van der Waals surface area contributed by atoms with E-state index in [9.17, 15) is 9.59 Å². The van der Waals surface area contributed by atoms with Gasteiger partial charge in [-0.15, -0.1) is 11.3 Å². The van der Waals surface area contributed by atoms with Gasteiger partial charge in [0.2, 0.25) is 5.91 Å². The molecule has 2 aromatic rings. The van der Waals surface area contributed by atoms with Gasteiger partial charge in [0.05, 0.1) is 16.9 Å². The quantitative estimate of drug-likeness (QED) is 0.821. The Hall–Kier alpha value is -2.35. The molecule has 3 rings (SSSR count). The summed E-state index contributed by atoms with van der Waals surface area (Å²) in [5.74, 6) is 0.247. The number of aromatic nitrogens is 3. The largest absolute Gasteiger partial charge is 0.355 e. The summed E-state index contributed by atoms with van der Waals surface area (Å²) in [6.45, 7) is 5.76. The predicted octanol–water partition coefficient (Wildman–Crippen LogP) is 2.27. The second-order valence-electron chi connectivity index (χ2n) is 7.05. The highest BCUT2D eigenvalue weighted by Crippen LogP contribution is 2.29. The Morgan fingerprint density at radius 2 is 2.22 bits per heavy atom. The van der Waals surface area contributed by atoms with Crippen LogP contribution >= 0.6 is 11.3 Å². The molecule has 0 radical (unpaired) electrons. The summed E-state index contributed by atoms with van der Waals surface area (Å²) in [6, 6.07) is 0. The highest BCUT2D eigenvalue weighted by molar-refractivity contribution is 7.09. The van der Waals surface area contributed by atoms with Gasteiger partial charge in [-0.1, -0.05) is 13.8 Å². The summed E-state index contributed by atoms with van der Waals surface area (Å²) in [5.41, 5.74) is 1.38. The van der Waals surface area contributed by atoms with Crippen LogP contribution in [-0.4, -0.2) is 51.3 Å². The van der Waals surface area contributed by atoms with E-state index in [1.54, 1.807) is 23.7 Å². The zero-order valence-electron chi connectivity index (χ0n) is 15.7. The topological polar surface area (TPSA) is 88.1 Å². The molecule has 0 saturated carbocycles. The number of likely N-dealkylation sites (tertiary alicyclic amines) is 1. The third-order valence-corrected chi connectivity index (χ3v) is 5.67. The number of hydrogen-bond acceptors (Lipinski definition) is 6. The van der Waals surface area contributed by atoms with E-state index >= 15 is 0 Å². The maximum atomic E-state index is 12.6. The molecule has 144 valence electrons. The monoisotopic (exact) mass is 387 g/mol. The molecule has 7 nitrogen and oxygen atoms in total. The van der Waals surface area contributed by atoms with Crippen LogP contribution in [0.2, 0.25) is 0 Å². The maximum Gasteiger partial charge on any atom is 0.274 e. The van der Waals surface area contributed by atoms with E-state index in [4.69, 9.17) is 4.98 Å². The van der Waals surface area contributed by atoms with Crippen LogP contribution in [0.1, 0.15) is 53.8 Å². The van der Waals surface area contributed by atoms with Crippen molar-refractivity contribution in [1.29, 1.82) is 0 Å². The van der Waals surface area contributed by atoms with Gasteiger partial charge in [0.1, 0.15) is 5.69 Å². The van der Waals surface area contributed by atoms with Gasteiger partial charge < -0.3 is 10.2 Å². The molecule has 0 spiro atoms. The van der Waals surface area contributed by atoms with E-state index in [2.05, 4.69) is 20.7 Å². The molecule has 0 aromatic carbocycles. The van der Waals surface area contributed by atoms with E-state index in [1.165, 1.54) is 6.20 Å². The number of rotatable bonds is 6. The van der Waals surface area contributed by atoms with Gasteiger partial charge >= 0.3 is 0 Å². The third-order valence-electron chi connectivity index (χ3n) is 4.61. The molecular weight excluding hydrogens is 362 g/mol. The molecule has 8 heteroatoms. The van der Waals surface area contributed by atoms with Crippen LogP contribution < -0.4 is 5.32 Å². The first-order chi connectivity index (χ1) is 13.0. The SMILES string of the molecule is CC(C)C(=O)NCCc1csc(C2CCCN(C(=O)c3cnccn3)C2)n1. The lowest BCUT2D eigenvalue weighted by molar-refractivity contribution is -0.123. The normalized spacial score (nSPS) is 17.1. The Bertz CT molecular complexity index is 777. The zero-order valence-corrected chi connectivity index (χ0v) is 16.5. The maximum absolute atomic E-state index is 12.6. The fraction of sp³-hybridized carbons (Fsp3) is 0.526. The van der Waals surface area contributed by atoms with E-state index in [1.807, 2.05) is 18.7 Å². The number of carbonyl (C=O) groups excluding carboxylic acids is 2. The molecule has 0 bridgehead atoms. The Morgan fingerprint density at radius 1 is 1.37 bits per heavy atom. The summed E-state index contributed by atoms with van der Waals surface area (Å²) >= 11 is 1.64. The van der Waals surface area contributed by atoms with E-state index < -0.39 is 0 Å². The van der Waals surface area contributed by atoms with Crippen molar-refractivity contribution in [2.75, 3.05) is 19.6 Å². The number of nitrogens with zero attached hydrogens (tertiary/aromatic N) is 4. The summed E-state index contributed by atoms with van der Waals surface area (Å²) in [6.07, 6.45) is 7.33. The number of piperidine rings is 1. The number of thiazole rings is 1. The van der Waals surface area contributed by atoms with Crippen molar-refractivity contribution in [3.8, 4) is 0 Å². The smallest absolute Gasteiger partial charge is 0.274 e. The Morgan fingerprint density at radius 3 is 2.96 bits per heavy atom. The van der Waals surface area contributed by atoms with Crippen LogP contribution in [0.15, 0.2) is 24.0 Å². The fourth-order valence-electron chi connectivity index (χ4n) is 3.08. The van der Waals surface area contributed by atoms with Crippen molar-refractivity contribution in [2.24, 2.45) is 5.92 Å². The average molecular weight is 388 g/mol. The summed E-state index contributed by atoms with van der Waals surface area (Å²) < 4.78 is 0. The first kappa shape index (κ1) is 19.4. The van der Waals surface area contributed by atoms with Crippen molar-refractivity contribution in [2.45, 2.75) is 39.0 Å². The average Bonchev–Trinajstić information content (AvgIpc) is 3.17. The number of carbonyl (C=O) groups is 2. The van der Waals surface area contributed by atoms with Crippen molar-refractivity contribution in [3.05, 3.63) is 40.4 Å². The molecule has 1 fully saturated rings. The van der Waals surface area contributed by atoms with E-state index in [-0.39, 0.29) is 23.7 Å². The fourth-order valence-corrected chi connectivity index (χ4v) is 4.06. The van der Waals surface area contributed by atoms with Gasteiger partial charge in [0.25, 0.3) is 5.91 Å². The van der Waals surface area contributed by atoms with Crippen LogP contribution in [0.5, 0.6) is 0 Å². The molecule has 0 aliphatic carbocycles. The lowest BCUT2D eigenvalue weighted by Crippen LogP contribution is -2.39. The molecule has 2 amide bonds. The Labute approximate surface area is 163 Å². The number of amides is 2. The Balaban J connectivity index is 1.56. The molecule has 1 N–H and O–H groups in total. The number of nitrogens with one attached hydrogen (secondary N) is 1. The van der Waals surface area contributed by atoms with Gasteiger partial charge in [0, 0.05) is 55.7 Å². The lowest BCUT2D eigenvalue weighted by Gasteiger charge is -2.31. The summed E-state index contributed by atoms with van der Waals surface area (Å²) in [5, 5.41) is 6.04. The van der Waals surface area contributed by atoms with Gasteiger partial charge in [-0.25, -0.2) is 9.97 Å². The van der Waals surface area contributed by atoms with Crippen molar-refractivity contribution >= 4 is 23.2 Å². The molecule has 2 aromatic heterocycles. The second kappa shape index (κ2) is 9.03. The van der Waals surface area contributed by atoms with Crippen molar-refractivity contribution < 1.29 is 9.59 Å². The van der Waals surface area contributed by atoms with Gasteiger partial charge in [0.15, 0.2) is 0 Å². The van der Waals surface area contributed by atoms with Crippen molar-refractivity contribution in [3.63, 3.8) is 0 Å². The van der Waals surface area contributed by atoms with Crippen LogP contribution in [0.4, 0.5) is 0 Å². The summed E-state index contributed by atoms with van der Waals surface area (Å²) in [4.78, 5) is 38.9. The second-order valence-corrected chi connectivity index (χ2v) is 7.94. The highest BCUT2D eigenvalue weighted by Gasteiger charge is 2.27. The molecule has 27 heavy (non-hydrogen) atoms. The highest BCUT2D eigenvalue weighted by atomic mass is 32.1. The van der Waals surface area contributed by atoms with Gasteiger partial charge in [-0.2, -0.15) is 0 Å². The van der Waals surface area contributed by atoms with Crippen LogP contribution in [0.25, 0.3) is 0 Å². The minimum atomic E-state index is -0.0685. The van der Waals surface area contributed by atoms with Crippen LogP contribution in [0.3, 0.4) is 0 Å². The third kappa shape index (κ3) is 5.09. The molecule has 1 aliphatic heterocycles. The minimum absolute atomic E-state index is 0.00365. The summed E-state index contributed by atoms with van der Waals surface area (Å²) in [7, 11) is 0. The first-order valence-electron chi connectivity index (χ1n) is 9.32. The Kier molecular flexibility index (Phi) is 6.49. The van der Waals surface area contributed by atoms with Crippen LogP contribution in [0, 0.1) is 5.92 Å². The molecule has 1 atom stereocenters. The standard InChI is InChI=1S/C19H25N5O2S/c1-13(2)17(25)22-6-5-15-12-27-18(23-15)14-4-3-9-24(11-14)19(26)16-10-20-7-8-21-16/h7-8,10,12-14H,3-6,9,11H2,1-2H3,(H,22,25). The van der Waals surface area contributed by atoms with Crippen LogP contribution in [-0.2, 0) is 11.2 Å². The van der Waals surface area contributed by atoms with E-state index in [0.717, 1.165) is 36.5 Å². The minimum Gasteiger partial charge on any atom is -0.355 e. The molecule has 1 unspecified atom stereocenters. The number of hydrogen-bond donors (Lipinski definition) is 1. The lowest BCUT2D eigenvalue weighted by atomic mass is 9.98. The zero-order chi connectivity index (χ0) is 19.2. The van der Waals surface area contributed by atoms with E-state index in [0.29, 0.717) is 18.8 Å². The molecule has 1 aliphatic rings. The van der Waals surface area contributed by atoms with Gasteiger partial charge in [-0.3, -0.25) is 14.6 Å².